The number of halogens is 1. The summed E-state index contributed by atoms with van der Waals surface area (Å²) in [5.74, 6) is -3.08. The Balaban J connectivity index is 2.09. The summed E-state index contributed by atoms with van der Waals surface area (Å²) in [6.45, 7) is 4.53. The summed E-state index contributed by atoms with van der Waals surface area (Å²) < 4.78 is 46.4. The molecule has 1 fully saturated rings. The summed E-state index contributed by atoms with van der Waals surface area (Å²) in [4.78, 5) is 24.6. The molecule has 0 bridgehead atoms. The van der Waals surface area contributed by atoms with Gasteiger partial charge in [-0.1, -0.05) is 45.2 Å². The Morgan fingerprint density at radius 2 is 1.77 bits per heavy atom. The van der Waals surface area contributed by atoms with Gasteiger partial charge in [0.15, 0.2) is 6.10 Å². The molecule has 1 aromatic rings. The molecule has 1 saturated carbocycles. The fourth-order valence-electron chi connectivity index (χ4n) is 3.41. The predicted molar refractivity (Wildman–Crippen MR) is 110 cm³/mol. The van der Waals surface area contributed by atoms with Crippen LogP contribution in [0.4, 0.5) is 4.39 Å². The fourth-order valence-corrected chi connectivity index (χ4v) is 4.82. The first-order valence-electron chi connectivity index (χ1n) is 10.2. The quantitative estimate of drug-likeness (QED) is 0.582. The van der Waals surface area contributed by atoms with Gasteiger partial charge < -0.3 is 10.1 Å². The number of carbonyl (C=O) groups is 2. The molecule has 0 aliphatic heterocycles. The molecule has 10 heteroatoms. The summed E-state index contributed by atoms with van der Waals surface area (Å²) in [7, 11) is -4.34. The number of nitrogens with one attached hydrogen (secondary N) is 2. The molecular weight excluding hydrogens is 425 g/mol. The molecule has 0 saturated heterocycles. The highest BCUT2D eigenvalue weighted by Crippen LogP contribution is 2.27. The molecule has 8 nitrogen and oxygen atoms in total. The number of hydrogen-bond acceptors (Lipinski definition) is 6. The molecule has 0 heterocycles. The first-order valence-corrected chi connectivity index (χ1v) is 11.7. The Labute approximate surface area is 182 Å². The highest BCUT2D eigenvalue weighted by molar-refractivity contribution is 7.89. The Morgan fingerprint density at radius 1 is 1.16 bits per heavy atom. The fraction of sp³-hybridized carbons (Fsp3) is 0.571. The zero-order chi connectivity index (χ0) is 23.2. The SMILES string of the molecule is CC(OC(=O)C(NS(=O)(=O)c1ccccc1F)C(C)C)C(=O)NC1(C#N)CCCCC1. The van der Waals surface area contributed by atoms with Gasteiger partial charge in [0.2, 0.25) is 10.0 Å². The summed E-state index contributed by atoms with van der Waals surface area (Å²) in [6, 6.07) is 5.62. The van der Waals surface area contributed by atoms with E-state index in [1.54, 1.807) is 13.8 Å². The van der Waals surface area contributed by atoms with Gasteiger partial charge in [0.25, 0.3) is 5.91 Å². The van der Waals surface area contributed by atoms with Crippen LogP contribution in [0.15, 0.2) is 29.2 Å². The van der Waals surface area contributed by atoms with E-state index in [4.69, 9.17) is 4.74 Å². The Hall–Kier alpha value is -2.51. The third kappa shape index (κ3) is 6.24. The minimum atomic E-state index is -4.34. The molecule has 1 aliphatic carbocycles. The van der Waals surface area contributed by atoms with Gasteiger partial charge in [0, 0.05) is 0 Å². The Bertz CT molecular complexity index is 952. The van der Waals surface area contributed by atoms with E-state index in [9.17, 15) is 27.7 Å². The van der Waals surface area contributed by atoms with Crippen molar-refractivity contribution in [2.45, 2.75) is 75.5 Å². The van der Waals surface area contributed by atoms with E-state index in [2.05, 4.69) is 16.1 Å². The van der Waals surface area contributed by atoms with Crippen LogP contribution in [0.5, 0.6) is 0 Å². The van der Waals surface area contributed by atoms with E-state index in [-0.39, 0.29) is 0 Å². The van der Waals surface area contributed by atoms with Crippen molar-refractivity contribution in [1.29, 1.82) is 5.26 Å². The molecule has 2 N–H and O–H groups in total. The van der Waals surface area contributed by atoms with Crippen LogP contribution in [-0.2, 0) is 24.3 Å². The standard InChI is InChI=1S/C21H28FN3O5S/c1-14(2)18(25-31(28,29)17-10-6-5-9-16(17)22)20(27)30-15(3)19(26)24-21(13-23)11-7-4-8-12-21/h5-6,9-10,14-15,18,25H,4,7-8,11-12H2,1-3H3,(H,24,26). The number of rotatable bonds is 8. The van der Waals surface area contributed by atoms with Gasteiger partial charge in [-0.2, -0.15) is 9.98 Å². The van der Waals surface area contributed by atoms with Crippen molar-refractivity contribution in [2.75, 3.05) is 0 Å². The number of esters is 1. The summed E-state index contributed by atoms with van der Waals surface area (Å²) >= 11 is 0. The van der Waals surface area contributed by atoms with E-state index in [0.717, 1.165) is 31.4 Å². The molecule has 31 heavy (non-hydrogen) atoms. The molecule has 0 aromatic heterocycles. The highest BCUT2D eigenvalue weighted by Gasteiger charge is 2.37. The Kier molecular flexibility index (Phi) is 8.14. The van der Waals surface area contributed by atoms with Crippen LogP contribution in [0.25, 0.3) is 0 Å². The van der Waals surface area contributed by atoms with Crippen LogP contribution in [0.1, 0.15) is 52.9 Å². The maximum Gasteiger partial charge on any atom is 0.325 e. The van der Waals surface area contributed by atoms with Crippen molar-refractivity contribution in [3.63, 3.8) is 0 Å². The molecule has 2 rings (SSSR count). The lowest BCUT2D eigenvalue weighted by atomic mass is 9.83. The third-order valence-electron chi connectivity index (χ3n) is 5.27. The normalized spacial score (nSPS) is 17.9. The zero-order valence-electron chi connectivity index (χ0n) is 17.9. The lowest BCUT2D eigenvalue weighted by Gasteiger charge is -2.32. The van der Waals surface area contributed by atoms with E-state index in [1.807, 2.05) is 0 Å². The lowest BCUT2D eigenvalue weighted by Crippen LogP contribution is -2.53. The number of nitrogens with zero attached hydrogens (tertiary/aromatic N) is 1. The number of amides is 1. The van der Waals surface area contributed by atoms with Crippen molar-refractivity contribution in [2.24, 2.45) is 5.92 Å². The van der Waals surface area contributed by atoms with E-state index in [1.165, 1.54) is 19.1 Å². The average Bonchev–Trinajstić information content (AvgIpc) is 2.72. The molecule has 0 radical (unpaired) electrons. The van der Waals surface area contributed by atoms with Gasteiger partial charge in [-0.3, -0.25) is 9.59 Å². The first kappa shape index (κ1) is 24.8. The first-order chi connectivity index (χ1) is 14.5. The van der Waals surface area contributed by atoms with Gasteiger partial charge in [-0.05, 0) is 37.8 Å². The van der Waals surface area contributed by atoms with Gasteiger partial charge in [-0.25, -0.2) is 12.8 Å². The van der Waals surface area contributed by atoms with E-state index in [0.29, 0.717) is 12.8 Å². The number of hydrogen-bond donors (Lipinski definition) is 2. The monoisotopic (exact) mass is 453 g/mol. The second-order valence-electron chi connectivity index (χ2n) is 8.10. The van der Waals surface area contributed by atoms with Crippen molar-refractivity contribution in [1.82, 2.24) is 10.0 Å². The number of ether oxygens (including phenoxy) is 1. The topological polar surface area (TPSA) is 125 Å². The van der Waals surface area contributed by atoms with E-state index >= 15 is 0 Å². The number of carbonyl (C=O) groups excluding carboxylic acids is 2. The predicted octanol–water partition coefficient (Wildman–Crippen LogP) is 2.40. The maximum absolute atomic E-state index is 13.9. The second-order valence-corrected chi connectivity index (χ2v) is 9.78. The van der Waals surface area contributed by atoms with Gasteiger partial charge >= 0.3 is 5.97 Å². The summed E-state index contributed by atoms with van der Waals surface area (Å²) in [5.41, 5.74) is -0.986. The highest BCUT2D eigenvalue weighted by atomic mass is 32.2. The average molecular weight is 454 g/mol. The van der Waals surface area contributed by atoms with Gasteiger partial charge in [0.1, 0.15) is 22.3 Å². The minimum absolute atomic E-state index is 0.521. The molecular formula is C21H28FN3O5S. The molecule has 1 aliphatic rings. The largest absolute Gasteiger partial charge is 0.451 e. The van der Waals surface area contributed by atoms with Crippen LogP contribution in [0, 0.1) is 23.1 Å². The molecule has 170 valence electrons. The number of sulfonamides is 1. The molecule has 0 spiro atoms. The zero-order valence-corrected chi connectivity index (χ0v) is 18.7. The molecule has 1 amide bonds. The van der Waals surface area contributed by atoms with E-state index < -0.39 is 56.2 Å². The molecule has 2 unspecified atom stereocenters. The second kappa shape index (κ2) is 10.2. The van der Waals surface area contributed by atoms with Crippen LogP contribution in [0.2, 0.25) is 0 Å². The Morgan fingerprint density at radius 3 is 2.32 bits per heavy atom. The summed E-state index contributed by atoms with van der Waals surface area (Å²) in [6.07, 6.45) is 2.42. The van der Waals surface area contributed by atoms with Crippen molar-refractivity contribution in [3.05, 3.63) is 30.1 Å². The van der Waals surface area contributed by atoms with Crippen LogP contribution < -0.4 is 10.0 Å². The van der Waals surface area contributed by atoms with Gasteiger partial charge in [-0.15, -0.1) is 0 Å². The van der Waals surface area contributed by atoms with Crippen LogP contribution in [0.3, 0.4) is 0 Å². The third-order valence-corrected chi connectivity index (χ3v) is 6.75. The number of nitriles is 1. The minimum Gasteiger partial charge on any atom is -0.451 e. The van der Waals surface area contributed by atoms with Crippen molar-refractivity contribution in [3.8, 4) is 6.07 Å². The number of benzene rings is 1. The van der Waals surface area contributed by atoms with Gasteiger partial charge in [0.05, 0.1) is 6.07 Å². The molecule has 2 atom stereocenters. The van der Waals surface area contributed by atoms with Crippen molar-refractivity contribution >= 4 is 21.9 Å². The van der Waals surface area contributed by atoms with Crippen LogP contribution >= 0.6 is 0 Å². The smallest absolute Gasteiger partial charge is 0.325 e. The summed E-state index contributed by atoms with van der Waals surface area (Å²) in [5, 5.41) is 12.2. The van der Waals surface area contributed by atoms with Crippen LogP contribution in [-0.4, -0.2) is 38.0 Å². The maximum atomic E-state index is 13.9. The molecule has 1 aromatic carbocycles. The van der Waals surface area contributed by atoms with Crippen molar-refractivity contribution < 1.29 is 27.1 Å². The lowest BCUT2D eigenvalue weighted by molar-refractivity contribution is -0.157.